The second-order valence-electron chi connectivity index (χ2n) is 5.51. The third-order valence-corrected chi connectivity index (χ3v) is 4.31. The first-order valence-electron chi connectivity index (χ1n) is 6.38. The highest BCUT2D eigenvalue weighted by Gasteiger charge is 2.35. The Labute approximate surface area is 93.0 Å². The van der Waals surface area contributed by atoms with Crippen molar-refractivity contribution >= 4 is 5.78 Å². The molecule has 3 unspecified atom stereocenters. The Hall–Kier alpha value is -0.370. The summed E-state index contributed by atoms with van der Waals surface area (Å²) >= 11 is 0. The van der Waals surface area contributed by atoms with Gasteiger partial charge in [-0.15, -0.1) is 0 Å². The maximum absolute atomic E-state index is 11.6. The summed E-state index contributed by atoms with van der Waals surface area (Å²) in [6, 6.07) is 1.11. The summed E-state index contributed by atoms with van der Waals surface area (Å²) in [5.41, 5.74) is 0. The van der Waals surface area contributed by atoms with E-state index in [0.717, 1.165) is 18.9 Å². The van der Waals surface area contributed by atoms with Crippen LogP contribution in [0.2, 0.25) is 0 Å². The molecule has 2 aliphatic rings. The minimum Gasteiger partial charge on any atom is -0.299 e. The maximum Gasteiger partial charge on any atom is 0.138 e. The fraction of sp³-hybridized carbons (Fsp3) is 0.923. The number of ketones is 1. The summed E-state index contributed by atoms with van der Waals surface area (Å²) in [7, 11) is 0. The largest absolute Gasteiger partial charge is 0.299 e. The van der Waals surface area contributed by atoms with Crippen molar-refractivity contribution in [2.24, 2.45) is 11.8 Å². The standard InChI is InChI=1S/C13H23NO/c1-9(8-12-4-5-12)14-7-6-13(15)10(2)11(14)3/h9-12H,4-8H2,1-3H3. The highest BCUT2D eigenvalue weighted by Crippen LogP contribution is 2.36. The van der Waals surface area contributed by atoms with E-state index in [2.05, 4.69) is 25.7 Å². The summed E-state index contributed by atoms with van der Waals surface area (Å²) < 4.78 is 0. The van der Waals surface area contributed by atoms with E-state index in [9.17, 15) is 4.79 Å². The summed E-state index contributed by atoms with van der Waals surface area (Å²) in [6.07, 6.45) is 4.97. The molecule has 0 spiro atoms. The molecule has 0 bridgehead atoms. The van der Waals surface area contributed by atoms with E-state index in [4.69, 9.17) is 0 Å². The zero-order chi connectivity index (χ0) is 11.0. The molecule has 2 rings (SSSR count). The quantitative estimate of drug-likeness (QED) is 0.711. The lowest BCUT2D eigenvalue weighted by Crippen LogP contribution is -2.50. The van der Waals surface area contributed by atoms with Crippen molar-refractivity contribution in [1.29, 1.82) is 0 Å². The molecule has 0 aromatic carbocycles. The van der Waals surface area contributed by atoms with Crippen LogP contribution >= 0.6 is 0 Å². The molecule has 1 aliphatic carbocycles. The Kier molecular flexibility index (Phi) is 3.15. The molecule has 1 heterocycles. The van der Waals surface area contributed by atoms with E-state index >= 15 is 0 Å². The SMILES string of the molecule is CC1C(=O)CCN(C(C)CC2CC2)C1C. The number of rotatable bonds is 3. The van der Waals surface area contributed by atoms with E-state index < -0.39 is 0 Å². The molecule has 2 fully saturated rings. The highest BCUT2D eigenvalue weighted by molar-refractivity contribution is 5.82. The van der Waals surface area contributed by atoms with E-state index in [1.807, 2.05) is 0 Å². The average Bonchev–Trinajstić information content (AvgIpc) is 2.98. The van der Waals surface area contributed by atoms with Crippen molar-refractivity contribution in [1.82, 2.24) is 4.90 Å². The first kappa shape index (κ1) is 11.1. The minimum absolute atomic E-state index is 0.236. The Bertz CT molecular complexity index is 247. The smallest absolute Gasteiger partial charge is 0.138 e. The van der Waals surface area contributed by atoms with Crippen LogP contribution in [0.3, 0.4) is 0 Å². The van der Waals surface area contributed by atoms with Crippen molar-refractivity contribution < 1.29 is 4.79 Å². The van der Waals surface area contributed by atoms with Gasteiger partial charge in [-0.25, -0.2) is 0 Å². The van der Waals surface area contributed by atoms with Crippen LogP contribution in [0.5, 0.6) is 0 Å². The fourth-order valence-electron chi connectivity index (χ4n) is 2.82. The van der Waals surface area contributed by atoms with Crippen molar-refractivity contribution in [3.05, 3.63) is 0 Å². The molecule has 2 nitrogen and oxygen atoms in total. The first-order chi connectivity index (χ1) is 7.09. The lowest BCUT2D eigenvalue weighted by atomic mass is 9.89. The molecule has 1 saturated heterocycles. The third kappa shape index (κ3) is 2.41. The van der Waals surface area contributed by atoms with Gasteiger partial charge >= 0.3 is 0 Å². The van der Waals surface area contributed by atoms with Gasteiger partial charge in [0.1, 0.15) is 5.78 Å². The molecular formula is C13H23NO. The first-order valence-corrected chi connectivity index (χ1v) is 6.38. The average molecular weight is 209 g/mol. The molecule has 0 aromatic rings. The maximum atomic E-state index is 11.6. The molecule has 15 heavy (non-hydrogen) atoms. The van der Waals surface area contributed by atoms with Gasteiger partial charge < -0.3 is 0 Å². The predicted molar refractivity (Wildman–Crippen MR) is 61.8 cm³/mol. The molecule has 0 radical (unpaired) electrons. The van der Waals surface area contributed by atoms with Crippen LogP contribution in [-0.2, 0) is 4.79 Å². The Balaban J connectivity index is 1.92. The van der Waals surface area contributed by atoms with Gasteiger partial charge in [-0.05, 0) is 26.2 Å². The zero-order valence-corrected chi connectivity index (χ0v) is 10.2. The van der Waals surface area contributed by atoms with Crippen LogP contribution in [0.1, 0.15) is 46.5 Å². The molecular weight excluding hydrogens is 186 g/mol. The second kappa shape index (κ2) is 4.25. The molecule has 86 valence electrons. The van der Waals surface area contributed by atoms with Crippen molar-refractivity contribution in [3.8, 4) is 0 Å². The number of piperidine rings is 1. The van der Waals surface area contributed by atoms with Crippen LogP contribution in [-0.4, -0.2) is 29.3 Å². The Morgan fingerprint density at radius 3 is 2.67 bits per heavy atom. The van der Waals surface area contributed by atoms with E-state index in [0.29, 0.717) is 17.9 Å². The fourth-order valence-corrected chi connectivity index (χ4v) is 2.82. The van der Waals surface area contributed by atoms with Gasteiger partial charge in [0.2, 0.25) is 0 Å². The molecule has 0 N–H and O–H groups in total. The molecule has 0 amide bonds. The van der Waals surface area contributed by atoms with Crippen LogP contribution < -0.4 is 0 Å². The summed E-state index contributed by atoms with van der Waals surface area (Å²) in [6.45, 7) is 7.61. The zero-order valence-electron chi connectivity index (χ0n) is 10.2. The second-order valence-corrected chi connectivity index (χ2v) is 5.51. The van der Waals surface area contributed by atoms with Gasteiger partial charge in [0.05, 0.1) is 0 Å². The molecule has 2 heteroatoms. The topological polar surface area (TPSA) is 20.3 Å². The third-order valence-electron chi connectivity index (χ3n) is 4.31. The van der Waals surface area contributed by atoms with Crippen LogP contribution in [0.15, 0.2) is 0 Å². The van der Waals surface area contributed by atoms with Crippen LogP contribution in [0.4, 0.5) is 0 Å². The highest BCUT2D eigenvalue weighted by atomic mass is 16.1. The van der Waals surface area contributed by atoms with E-state index in [-0.39, 0.29) is 5.92 Å². The van der Waals surface area contributed by atoms with Gasteiger partial charge in [0, 0.05) is 31.0 Å². The minimum atomic E-state index is 0.236. The lowest BCUT2D eigenvalue weighted by molar-refractivity contribution is -0.128. The van der Waals surface area contributed by atoms with Gasteiger partial charge in [0.25, 0.3) is 0 Å². The van der Waals surface area contributed by atoms with Crippen LogP contribution in [0, 0.1) is 11.8 Å². The van der Waals surface area contributed by atoms with Crippen molar-refractivity contribution in [2.75, 3.05) is 6.54 Å². The monoisotopic (exact) mass is 209 g/mol. The van der Waals surface area contributed by atoms with Crippen LogP contribution in [0.25, 0.3) is 0 Å². The summed E-state index contributed by atoms with van der Waals surface area (Å²) in [5, 5.41) is 0. The predicted octanol–water partition coefficient (Wildman–Crippen LogP) is 2.47. The van der Waals surface area contributed by atoms with Gasteiger partial charge in [-0.3, -0.25) is 9.69 Å². The van der Waals surface area contributed by atoms with Crippen molar-refractivity contribution in [2.45, 2.75) is 58.5 Å². The Morgan fingerprint density at radius 2 is 2.07 bits per heavy atom. The molecule has 1 saturated carbocycles. The van der Waals surface area contributed by atoms with Crippen molar-refractivity contribution in [3.63, 3.8) is 0 Å². The van der Waals surface area contributed by atoms with Gasteiger partial charge in [0.15, 0.2) is 0 Å². The van der Waals surface area contributed by atoms with E-state index in [1.165, 1.54) is 19.3 Å². The summed E-state index contributed by atoms with van der Waals surface area (Å²) in [4.78, 5) is 14.1. The van der Waals surface area contributed by atoms with E-state index in [1.54, 1.807) is 0 Å². The number of carbonyl (C=O) groups is 1. The number of hydrogen-bond donors (Lipinski definition) is 0. The number of carbonyl (C=O) groups excluding carboxylic acids is 1. The number of Topliss-reactive ketones (excluding diaryl/α,β-unsaturated/α-hetero) is 1. The normalized spacial score (nSPS) is 35.5. The molecule has 3 atom stereocenters. The number of likely N-dealkylation sites (tertiary alicyclic amines) is 1. The Morgan fingerprint density at radius 1 is 1.40 bits per heavy atom. The summed E-state index contributed by atoms with van der Waals surface area (Å²) in [5.74, 6) is 1.68. The number of nitrogens with zero attached hydrogens (tertiary/aromatic N) is 1. The molecule has 1 aliphatic heterocycles. The van der Waals surface area contributed by atoms with Gasteiger partial charge in [-0.1, -0.05) is 19.8 Å². The lowest BCUT2D eigenvalue weighted by Gasteiger charge is -2.41. The van der Waals surface area contributed by atoms with Gasteiger partial charge in [-0.2, -0.15) is 0 Å². The number of hydrogen-bond acceptors (Lipinski definition) is 2. The molecule has 0 aromatic heterocycles.